The minimum atomic E-state index is -0.338. The molecule has 3 aromatic rings. The number of hydrogen-bond donors (Lipinski definition) is 0. The Hall–Kier alpha value is -3.01. The van der Waals surface area contributed by atoms with E-state index in [0.29, 0.717) is 12.1 Å². The SMILES string of the molecule is O=C(c1ccc(F)cc1)N1CCc2cc(-c3ccncc3)ccc21. The van der Waals surface area contributed by atoms with Gasteiger partial charge in [0.1, 0.15) is 5.82 Å². The molecule has 1 amide bonds. The summed E-state index contributed by atoms with van der Waals surface area (Å²) < 4.78 is 13.0. The van der Waals surface area contributed by atoms with E-state index in [4.69, 9.17) is 0 Å². The Morgan fingerprint density at radius 1 is 0.958 bits per heavy atom. The van der Waals surface area contributed by atoms with Crippen molar-refractivity contribution >= 4 is 11.6 Å². The molecule has 2 heterocycles. The van der Waals surface area contributed by atoms with E-state index in [1.807, 2.05) is 24.3 Å². The van der Waals surface area contributed by atoms with Gasteiger partial charge in [0, 0.05) is 30.2 Å². The lowest BCUT2D eigenvalue weighted by Crippen LogP contribution is -2.28. The van der Waals surface area contributed by atoms with Crippen LogP contribution in [0.1, 0.15) is 15.9 Å². The van der Waals surface area contributed by atoms with Crippen molar-refractivity contribution in [1.82, 2.24) is 4.98 Å². The Morgan fingerprint density at radius 2 is 1.71 bits per heavy atom. The van der Waals surface area contributed by atoms with E-state index in [1.54, 1.807) is 17.3 Å². The third kappa shape index (κ3) is 2.56. The summed E-state index contributed by atoms with van der Waals surface area (Å²) in [6, 6.07) is 15.8. The first kappa shape index (κ1) is 14.6. The molecule has 0 aliphatic carbocycles. The minimum Gasteiger partial charge on any atom is -0.308 e. The van der Waals surface area contributed by atoms with Crippen LogP contribution in [0, 0.1) is 5.82 Å². The van der Waals surface area contributed by atoms with Crippen molar-refractivity contribution in [3.8, 4) is 11.1 Å². The van der Waals surface area contributed by atoms with Gasteiger partial charge in [-0.1, -0.05) is 6.07 Å². The topological polar surface area (TPSA) is 33.2 Å². The second kappa shape index (κ2) is 5.89. The predicted molar refractivity (Wildman–Crippen MR) is 91.5 cm³/mol. The first-order valence-electron chi connectivity index (χ1n) is 7.83. The fourth-order valence-corrected chi connectivity index (χ4v) is 3.08. The molecular weight excluding hydrogens is 303 g/mol. The number of halogens is 1. The smallest absolute Gasteiger partial charge is 0.258 e. The van der Waals surface area contributed by atoms with E-state index in [1.165, 1.54) is 24.3 Å². The standard InChI is InChI=1S/C20H15FN2O/c21-18-4-1-15(2-5-18)20(24)23-12-9-17-13-16(3-6-19(17)23)14-7-10-22-11-8-14/h1-8,10-11,13H,9,12H2. The average Bonchev–Trinajstić information content (AvgIpc) is 3.05. The molecule has 0 unspecified atom stereocenters. The summed E-state index contributed by atoms with van der Waals surface area (Å²) in [6.07, 6.45) is 4.36. The third-order valence-corrected chi connectivity index (χ3v) is 4.33. The zero-order valence-electron chi connectivity index (χ0n) is 12.9. The largest absolute Gasteiger partial charge is 0.308 e. The molecule has 0 spiro atoms. The van der Waals surface area contributed by atoms with Crippen LogP contribution in [0.15, 0.2) is 67.0 Å². The summed E-state index contributed by atoms with van der Waals surface area (Å²) >= 11 is 0. The number of pyridine rings is 1. The van der Waals surface area contributed by atoms with E-state index in [0.717, 1.165) is 28.8 Å². The van der Waals surface area contributed by atoms with Crippen LogP contribution in [0.25, 0.3) is 11.1 Å². The molecule has 0 radical (unpaired) electrons. The average molecular weight is 318 g/mol. The second-order valence-electron chi connectivity index (χ2n) is 5.79. The fraction of sp³-hybridized carbons (Fsp3) is 0.100. The van der Waals surface area contributed by atoms with Crippen LogP contribution in [-0.2, 0) is 6.42 Å². The van der Waals surface area contributed by atoms with Crippen LogP contribution in [0.3, 0.4) is 0 Å². The molecule has 0 atom stereocenters. The van der Waals surface area contributed by atoms with Gasteiger partial charge in [-0.2, -0.15) is 0 Å². The zero-order chi connectivity index (χ0) is 16.5. The number of carbonyl (C=O) groups excluding carboxylic acids is 1. The summed E-state index contributed by atoms with van der Waals surface area (Å²) in [6.45, 7) is 0.644. The summed E-state index contributed by atoms with van der Waals surface area (Å²) in [5.74, 6) is -0.430. The number of amides is 1. The number of nitrogens with zero attached hydrogens (tertiary/aromatic N) is 2. The monoisotopic (exact) mass is 318 g/mol. The molecule has 0 saturated heterocycles. The summed E-state index contributed by atoms with van der Waals surface area (Å²) in [5, 5.41) is 0. The molecule has 0 bridgehead atoms. The van der Waals surface area contributed by atoms with Gasteiger partial charge in [0.05, 0.1) is 0 Å². The third-order valence-electron chi connectivity index (χ3n) is 4.33. The highest BCUT2D eigenvalue weighted by Gasteiger charge is 2.25. The molecule has 1 aliphatic heterocycles. The number of fused-ring (bicyclic) bond motifs is 1. The van der Waals surface area contributed by atoms with Crippen molar-refractivity contribution < 1.29 is 9.18 Å². The Bertz CT molecular complexity index is 891. The van der Waals surface area contributed by atoms with Gasteiger partial charge in [-0.3, -0.25) is 9.78 Å². The molecule has 0 saturated carbocycles. The molecule has 118 valence electrons. The Labute approximate surface area is 139 Å². The maximum Gasteiger partial charge on any atom is 0.258 e. The van der Waals surface area contributed by atoms with Gasteiger partial charge in [-0.15, -0.1) is 0 Å². The normalized spacial score (nSPS) is 13.0. The molecule has 3 nitrogen and oxygen atoms in total. The van der Waals surface area contributed by atoms with Crippen LogP contribution >= 0.6 is 0 Å². The first-order valence-corrected chi connectivity index (χ1v) is 7.83. The van der Waals surface area contributed by atoms with Gasteiger partial charge < -0.3 is 4.90 Å². The number of benzene rings is 2. The second-order valence-corrected chi connectivity index (χ2v) is 5.79. The summed E-state index contributed by atoms with van der Waals surface area (Å²) in [4.78, 5) is 18.5. The lowest BCUT2D eigenvalue weighted by Gasteiger charge is -2.17. The molecule has 2 aromatic carbocycles. The van der Waals surface area contributed by atoms with Gasteiger partial charge in [0.2, 0.25) is 0 Å². The van der Waals surface area contributed by atoms with Gasteiger partial charge in [-0.05, 0) is 71.6 Å². The highest BCUT2D eigenvalue weighted by atomic mass is 19.1. The highest BCUT2D eigenvalue weighted by Crippen LogP contribution is 2.33. The van der Waals surface area contributed by atoms with Gasteiger partial charge >= 0.3 is 0 Å². The van der Waals surface area contributed by atoms with Gasteiger partial charge in [0.25, 0.3) is 5.91 Å². The Balaban J connectivity index is 1.65. The molecule has 1 aliphatic rings. The summed E-state index contributed by atoms with van der Waals surface area (Å²) in [5.41, 5.74) is 4.81. The van der Waals surface area contributed by atoms with E-state index in [-0.39, 0.29) is 11.7 Å². The Kier molecular flexibility index (Phi) is 3.58. The van der Waals surface area contributed by atoms with Crippen molar-refractivity contribution in [3.05, 3.63) is 83.9 Å². The van der Waals surface area contributed by atoms with Crippen molar-refractivity contribution in [2.75, 3.05) is 11.4 Å². The minimum absolute atomic E-state index is 0.0922. The van der Waals surface area contributed by atoms with E-state index in [2.05, 4.69) is 11.1 Å². The molecule has 0 N–H and O–H groups in total. The number of rotatable bonds is 2. The predicted octanol–water partition coefficient (Wildman–Crippen LogP) is 4.09. The van der Waals surface area contributed by atoms with Crippen molar-refractivity contribution in [1.29, 1.82) is 0 Å². The van der Waals surface area contributed by atoms with Gasteiger partial charge in [-0.25, -0.2) is 4.39 Å². The maximum atomic E-state index is 13.0. The van der Waals surface area contributed by atoms with E-state index < -0.39 is 0 Å². The molecule has 0 fully saturated rings. The maximum absolute atomic E-state index is 13.0. The lowest BCUT2D eigenvalue weighted by molar-refractivity contribution is 0.0989. The van der Waals surface area contributed by atoms with Gasteiger partial charge in [0.15, 0.2) is 0 Å². The van der Waals surface area contributed by atoms with Crippen LogP contribution in [-0.4, -0.2) is 17.4 Å². The molecule has 4 rings (SSSR count). The molecule has 24 heavy (non-hydrogen) atoms. The van der Waals surface area contributed by atoms with Crippen LogP contribution < -0.4 is 4.90 Å². The number of carbonyl (C=O) groups is 1. The highest BCUT2D eigenvalue weighted by molar-refractivity contribution is 6.07. The number of hydrogen-bond acceptors (Lipinski definition) is 2. The quantitative estimate of drug-likeness (QED) is 0.713. The first-order chi connectivity index (χ1) is 11.7. The van der Waals surface area contributed by atoms with Crippen molar-refractivity contribution in [3.63, 3.8) is 0 Å². The van der Waals surface area contributed by atoms with E-state index >= 15 is 0 Å². The zero-order valence-corrected chi connectivity index (χ0v) is 12.9. The number of aromatic nitrogens is 1. The number of anilines is 1. The lowest BCUT2D eigenvalue weighted by atomic mass is 10.0. The van der Waals surface area contributed by atoms with Crippen molar-refractivity contribution in [2.24, 2.45) is 0 Å². The van der Waals surface area contributed by atoms with Crippen LogP contribution in [0.2, 0.25) is 0 Å². The van der Waals surface area contributed by atoms with E-state index in [9.17, 15) is 9.18 Å². The van der Waals surface area contributed by atoms with Crippen LogP contribution in [0.5, 0.6) is 0 Å². The van der Waals surface area contributed by atoms with Crippen molar-refractivity contribution in [2.45, 2.75) is 6.42 Å². The summed E-state index contributed by atoms with van der Waals surface area (Å²) in [7, 11) is 0. The molecular formula is C20H15FN2O. The Morgan fingerprint density at radius 3 is 2.46 bits per heavy atom. The fourth-order valence-electron chi connectivity index (χ4n) is 3.08. The molecule has 4 heteroatoms. The molecule has 1 aromatic heterocycles. The van der Waals surface area contributed by atoms with Crippen LogP contribution in [0.4, 0.5) is 10.1 Å².